The van der Waals surface area contributed by atoms with Crippen LogP contribution in [0.2, 0.25) is 0 Å². The van der Waals surface area contributed by atoms with Crippen LogP contribution < -0.4 is 0 Å². The minimum atomic E-state index is 0.278. The second kappa shape index (κ2) is 6.74. The molecule has 3 atom stereocenters. The number of Topliss-reactive ketones (excluding diaryl/α,β-unsaturated/α-hetero) is 1. The van der Waals surface area contributed by atoms with Crippen LogP contribution in [-0.4, -0.2) is 29.8 Å². The van der Waals surface area contributed by atoms with Gasteiger partial charge in [-0.3, -0.25) is 9.69 Å². The van der Waals surface area contributed by atoms with Gasteiger partial charge < -0.3 is 0 Å². The Morgan fingerprint density at radius 2 is 1.76 bits per heavy atom. The summed E-state index contributed by atoms with van der Waals surface area (Å²) in [7, 11) is 0. The highest BCUT2D eigenvalue weighted by molar-refractivity contribution is 5.96. The predicted octanol–water partition coefficient (Wildman–Crippen LogP) is 4.24. The molecule has 3 unspecified atom stereocenters. The first-order valence-corrected chi connectivity index (χ1v) is 8.22. The van der Waals surface area contributed by atoms with Crippen molar-refractivity contribution in [2.75, 3.05) is 13.1 Å². The molecule has 1 fully saturated rings. The molecule has 0 saturated carbocycles. The second-order valence-electron chi connectivity index (χ2n) is 7.10. The standard InChI is InChI=1S/C19H29NO/c1-13-8-14(2)11-18(10-13)19(21)6-7-20-12-15(3)9-16(4)17(20)5/h8,10-11,15-17H,6-7,9,12H2,1-5H3. The zero-order chi connectivity index (χ0) is 15.6. The van der Waals surface area contributed by atoms with E-state index in [1.807, 2.05) is 12.1 Å². The Morgan fingerprint density at radius 1 is 1.14 bits per heavy atom. The van der Waals surface area contributed by atoms with E-state index in [0.717, 1.165) is 30.5 Å². The molecule has 1 aromatic carbocycles. The van der Waals surface area contributed by atoms with Crippen molar-refractivity contribution in [1.82, 2.24) is 4.90 Å². The maximum atomic E-state index is 12.4. The molecule has 0 amide bonds. The number of hydrogen-bond donors (Lipinski definition) is 0. The fourth-order valence-electron chi connectivity index (χ4n) is 3.65. The minimum Gasteiger partial charge on any atom is -0.300 e. The van der Waals surface area contributed by atoms with Gasteiger partial charge in [0.25, 0.3) is 0 Å². The fourth-order valence-corrected chi connectivity index (χ4v) is 3.65. The zero-order valence-electron chi connectivity index (χ0n) is 14.1. The molecule has 21 heavy (non-hydrogen) atoms. The summed E-state index contributed by atoms with van der Waals surface area (Å²) >= 11 is 0. The fraction of sp³-hybridized carbons (Fsp3) is 0.632. The highest BCUT2D eigenvalue weighted by Crippen LogP contribution is 2.27. The lowest BCUT2D eigenvalue weighted by atomic mass is 9.86. The van der Waals surface area contributed by atoms with Crippen LogP contribution in [0.1, 0.15) is 55.1 Å². The molecular weight excluding hydrogens is 258 g/mol. The molecule has 2 heteroatoms. The summed E-state index contributed by atoms with van der Waals surface area (Å²) in [5.74, 6) is 1.75. The molecule has 1 saturated heterocycles. The number of aryl methyl sites for hydroxylation is 2. The van der Waals surface area contributed by atoms with Gasteiger partial charge in [0.05, 0.1) is 0 Å². The molecule has 0 radical (unpaired) electrons. The maximum Gasteiger partial charge on any atom is 0.164 e. The molecule has 0 bridgehead atoms. The van der Waals surface area contributed by atoms with Gasteiger partial charge in [0.1, 0.15) is 0 Å². The lowest BCUT2D eigenvalue weighted by Gasteiger charge is -2.41. The molecule has 0 aromatic heterocycles. The van der Waals surface area contributed by atoms with E-state index in [1.165, 1.54) is 17.5 Å². The largest absolute Gasteiger partial charge is 0.300 e. The highest BCUT2D eigenvalue weighted by atomic mass is 16.1. The predicted molar refractivity (Wildman–Crippen MR) is 88.8 cm³/mol. The van der Waals surface area contributed by atoms with Crippen LogP contribution in [0.15, 0.2) is 18.2 Å². The van der Waals surface area contributed by atoms with Crippen molar-refractivity contribution in [3.8, 4) is 0 Å². The van der Waals surface area contributed by atoms with Crippen molar-refractivity contribution < 1.29 is 4.79 Å². The SMILES string of the molecule is Cc1cc(C)cc(C(=O)CCN2CC(C)CC(C)C2C)c1. The Hall–Kier alpha value is -1.15. The molecule has 2 rings (SSSR count). The number of benzene rings is 1. The van der Waals surface area contributed by atoms with Crippen molar-refractivity contribution in [2.45, 2.75) is 53.5 Å². The molecule has 1 aromatic rings. The number of hydrogen-bond acceptors (Lipinski definition) is 2. The van der Waals surface area contributed by atoms with E-state index in [2.05, 4.69) is 45.6 Å². The maximum absolute atomic E-state index is 12.4. The number of ketones is 1. The summed E-state index contributed by atoms with van der Waals surface area (Å²) in [6.45, 7) is 13.1. The normalized spacial score (nSPS) is 26.8. The first-order valence-electron chi connectivity index (χ1n) is 8.22. The van der Waals surface area contributed by atoms with E-state index in [9.17, 15) is 4.79 Å². The van der Waals surface area contributed by atoms with Gasteiger partial charge >= 0.3 is 0 Å². The average molecular weight is 287 g/mol. The van der Waals surface area contributed by atoms with E-state index in [1.54, 1.807) is 0 Å². The zero-order valence-corrected chi connectivity index (χ0v) is 14.1. The number of piperidine rings is 1. The van der Waals surface area contributed by atoms with Gasteiger partial charge in [0.15, 0.2) is 5.78 Å². The Balaban J connectivity index is 1.97. The monoisotopic (exact) mass is 287 g/mol. The summed E-state index contributed by atoms with van der Waals surface area (Å²) < 4.78 is 0. The highest BCUT2D eigenvalue weighted by Gasteiger charge is 2.28. The van der Waals surface area contributed by atoms with Crippen molar-refractivity contribution in [1.29, 1.82) is 0 Å². The van der Waals surface area contributed by atoms with Crippen LogP contribution in [-0.2, 0) is 0 Å². The van der Waals surface area contributed by atoms with Crippen molar-refractivity contribution in [2.24, 2.45) is 11.8 Å². The van der Waals surface area contributed by atoms with Crippen LogP contribution in [0.5, 0.6) is 0 Å². The molecule has 0 aliphatic carbocycles. The third-order valence-electron chi connectivity index (χ3n) is 4.89. The summed E-state index contributed by atoms with van der Waals surface area (Å²) in [6, 6.07) is 6.74. The number of carbonyl (C=O) groups excluding carboxylic acids is 1. The lowest BCUT2D eigenvalue weighted by molar-refractivity contribution is 0.0721. The summed E-state index contributed by atoms with van der Waals surface area (Å²) in [5, 5.41) is 0. The minimum absolute atomic E-state index is 0.278. The molecule has 0 N–H and O–H groups in total. The first-order chi connectivity index (χ1) is 9.86. The van der Waals surface area contributed by atoms with Crippen molar-refractivity contribution >= 4 is 5.78 Å². The van der Waals surface area contributed by atoms with Crippen LogP contribution in [0.4, 0.5) is 0 Å². The van der Waals surface area contributed by atoms with Crippen molar-refractivity contribution in [3.63, 3.8) is 0 Å². The third-order valence-corrected chi connectivity index (χ3v) is 4.89. The number of carbonyl (C=O) groups is 1. The molecule has 0 spiro atoms. The van der Waals surface area contributed by atoms with Crippen LogP contribution in [0.3, 0.4) is 0 Å². The van der Waals surface area contributed by atoms with E-state index < -0.39 is 0 Å². The van der Waals surface area contributed by atoms with E-state index in [0.29, 0.717) is 12.5 Å². The van der Waals surface area contributed by atoms with Gasteiger partial charge in [0, 0.05) is 31.1 Å². The molecule has 116 valence electrons. The van der Waals surface area contributed by atoms with Gasteiger partial charge in [-0.25, -0.2) is 0 Å². The Bertz CT molecular complexity index is 488. The molecule has 1 aliphatic rings. The van der Waals surface area contributed by atoms with Gasteiger partial charge in [-0.15, -0.1) is 0 Å². The van der Waals surface area contributed by atoms with Gasteiger partial charge in [0.2, 0.25) is 0 Å². The van der Waals surface area contributed by atoms with Crippen LogP contribution >= 0.6 is 0 Å². The Kier molecular flexibility index (Phi) is 5.21. The lowest BCUT2D eigenvalue weighted by Crippen LogP contribution is -2.46. The van der Waals surface area contributed by atoms with Gasteiger partial charge in [-0.05, 0) is 51.2 Å². The quantitative estimate of drug-likeness (QED) is 0.772. The van der Waals surface area contributed by atoms with E-state index in [4.69, 9.17) is 0 Å². The third kappa shape index (κ3) is 4.16. The number of nitrogens with zero attached hydrogens (tertiary/aromatic N) is 1. The smallest absolute Gasteiger partial charge is 0.164 e. The first kappa shape index (κ1) is 16.2. The Morgan fingerprint density at radius 3 is 2.38 bits per heavy atom. The number of likely N-dealkylation sites (tertiary alicyclic amines) is 1. The van der Waals surface area contributed by atoms with Crippen LogP contribution in [0, 0.1) is 25.7 Å². The Labute approximate surface area is 129 Å². The number of rotatable bonds is 4. The second-order valence-corrected chi connectivity index (χ2v) is 7.10. The van der Waals surface area contributed by atoms with Gasteiger partial charge in [-0.1, -0.05) is 31.0 Å². The van der Waals surface area contributed by atoms with Gasteiger partial charge in [-0.2, -0.15) is 0 Å². The van der Waals surface area contributed by atoms with E-state index in [-0.39, 0.29) is 5.78 Å². The molecule has 1 heterocycles. The van der Waals surface area contributed by atoms with Crippen LogP contribution in [0.25, 0.3) is 0 Å². The molecular formula is C19H29NO. The molecule has 2 nitrogen and oxygen atoms in total. The summed E-state index contributed by atoms with van der Waals surface area (Å²) in [4.78, 5) is 14.9. The summed E-state index contributed by atoms with van der Waals surface area (Å²) in [5.41, 5.74) is 3.22. The topological polar surface area (TPSA) is 20.3 Å². The average Bonchev–Trinajstić information content (AvgIpc) is 2.39. The van der Waals surface area contributed by atoms with E-state index >= 15 is 0 Å². The molecule has 1 aliphatic heterocycles. The summed E-state index contributed by atoms with van der Waals surface area (Å²) in [6.07, 6.45) is 1.94. The van der Waals surface area contributed by atoms with Crippen molar-refractivity contribution in [3.05, 3.63) is 34.9 Å².